The maximum atomic E-state index is 13.6. The van der Waals surface area contributed by atoms with Gasteiger partial charge >= 0.3 is 5.97 Å². The molecule has 3 heterocycles. The number of rotatable bonds is 9. The number of nitrogens with zero attached hydrogens (tertiary/aromatic N) is 2. The maximum Gasteiger partial charge on any atom is 0.328 e. The van der Waals surface area contributed by atoms with Crippen LogP contribution in [0.15, 0.2) is 36.4 Å². The Kier molecular flexibility index (Phi) is 9.04. The molecule has 208 valence electrons. The predicted octanol–water partition coefficient (Wildman–Crippen LogP) is 2.02. The van der Waals surface area contributed by atoms with Gasteiger partial charge in [0.1, 0.15) is 12.7 Å². The van der Waals surface area contributed by atoms with Crippen molar-refractivity contribution in [3.05, 3.63) is 47.5 Å². The monoisotopic (exact) mass is 548 g/mol. The third-order valence-electron chi connectivity index (χ3n) is 7.50. The van der Waals surface area contributed by atoms with Gasteiger partial charge in [-0.2, -0.15) is 0 Å². The van der Waals surface area contributed by atoms with Gasteiger partial charge in [-0.1, -0.05) is 24.3 Å². The summed E-state index contributed by atoms with van der Waals surface area (Å²) in [6, 6.07) is 11.6. The number of carbonyl (C=O) groups excluding carboxylic acids is 1. The topological polar surface area (TPSA) is 135 Å². The summed E-state index contributed by atoms with van der Waals surface area (Å²) in [6.45, 7) is 2.69. The van der Waals surface area contributed by atoms with Crippen molar-refractivity contribution in [3.8, 4) is 17.1 Å². The van der Waals surface area contributed by atoms with E-state index in [1.54, 1.807) is 6.07 Å². The number of sulfonamides is 1. The lowest BCUT2D eigenvalue weighted by molar-refractivity contribution is -0.146. The summed E-state index contributed by atoms with van der Waals surface area (Å²) < 4.78 is 42.9. The fourth-order valence-electron chi connectivity index (χ4n) is 5.24. The zero-order chi connectivity index (χ0) is 27.3. The molecule has 38 heavy (non-hydrogen) atoms. The van der Waals surface area contributed by atoms with Crippen molar-refractivity contribution >= 4 is 16.0 Å². The van der Waals surface area contributed by atoms with Gasteiger partial charge in [-0.25, -0.2) is 17.7 Å². The van der Waals surface area contributed by atoms with Crippen LogP contribution in [-0.2, 0) is 24.3 Å². The summed E-state index contributed by atoms with van der Waals surface area (Å²) in [5.74, 6) is -0.149. The van der Waals surface area contributed by atoms with Crippen molar-refractivity contribution in [1.82, 2.24) is 9.29 Å². The van der Waals surface area contributed by atoms with Crippen molar-refractivity contribution in [2.75, 3.05) is 46.6 Å². The molecule has 0 saturated carbocycles. The van der Waals surface area contributed by atoms with E-state index in [1.165, 1.54) is 11.4 Å². The van der Waals surface area contributed by atoms with Gasteiger partial charge in [-0.05, 0) is 42.9 Å². The molecule has 2 aliphatic heterocycles. The first-order chi connectivity index (χ1) is 18.2. The third kappa shape index (κ3) is 5.72. The molecule has 0 spiro atoms. The lowest BCUT2D eigenvalue weighted by Crippen LogP contribution is -2.57. The van der Waals surface area contributed by atoms with Crippen LogP contribution in [0.5, 0.6) is 5.88 Å². The van der Waals surface area contributed by atoms with Gasteiger partial charge in [0.25, 0.3) is 0 Å². The van der Waals surface area contributed by atoms with Crippen molar-refractivity contribution in [3.63, 3.8) is 0 Å². The molecular weight excluding hydrogens is 512 g/mol. The van der Waals surface area contributed by atoms with Crippen LogP contribution in [0.4, 0.5) is 0 Å². The molecule has 1 aromatic carbocycles. The Morgan fingerprint density at radius 1 is 1.21 bits per heavy atom. The minimum Gasteiger partial charge on any atom is -0.475 e. The van der Waals surface area contributed by atoms with Crippen LogP contribution in [0.3, 0.4) is 0 Å². The summed E-state index contributed by atoms with van der Waals surface area (Å²) in [7, 11) is -2.67. The second-order valence-corrected chi connectivity index (χ2v) is 12.1. The van der Waals surface area contributed by atoms with Crippen molar-refractivity contribution in [1.29, 1.82) is 0 Å². The highest BCUT2D eigenvalue weighted by atomic mass is 32.2. The average Bonchev–Trinajstić information content (AvgIpc) is 2.95. The second kappa shape index (κ2) is 12.1. The number of aryl methyl sites for hydroxylation is 1. The Morgan fingerprint density at radius 3 is 2.55 bits per heavy atom. The van der Waals surface area contributed by atoms with Crippen LogP contribution in [0.2, 0.25) is 0 Å². The van der Waals surface area contributed by atoms with Gasteiger partial charge in [0, 0.05) is 50.8 Å². The Bertz CT molecular complexity index is 1220. The van der Waals surface area contributed by atoms with E-state index in [0.29, 0.717) is 31.8 Å². The van der Waals surface area contributed by atoms with Gasteiger partial charge in [0.05, 0.1) is 19.4 Å². The van der Waals surface area contributed by atoms with E-state index >= 15 is 0 Å². The summed E-state index contributed by atoms with van der Waals surface area (Å²) >= 11 is 0. The molecule has 2 N–H and O–H groups in total. The van der Waals surface area contributed by atoms with E-state index < -0.39 is 26.8 Å². The van der Waals surface area contributed by atoms with Crippen LogP contribution in [-0.4, -0.2) is 91.4 Å². The van der Waals surface area contributed by atoms with Gasteiger partial charge in [-0.3, -0.25) is 4.79 Å². The van der Waals surface area contributed by atoms with Crippen LogP contribution in [0.1, 0.15) is 42.7 Å². The largest absolute Gasteiger partial charge is 0.475 e. The predicted molar refractivity (Wildman–Crippen MR) is 140 cm³/mol. The molecule has 2 aromatic rings. The smallest absolute Gasteiger partial charge is 0.328 e. The average molecular weight is 549 g/mol. The van der Waals surface area contributed by atoms with E-state index in [-0.39, 0.29) is 45.2 Å². The van der Waals surface area contributed by atoms with Crippen molar-refractivity contribution in [2.24, 2.45) is 0 Å². The summed E-state index contributed by atoms with van der Waals surface area (Å²) in [5, 5.41) is 18.5. The molecule has 0 radical (unpaired) electrons. The standard InChI is InChI=1S/C27H36N2O8S/c1-19-16-21(6-7-23(19)24-4-3-5-25(28-24)37-18-22(31)17-30)20-8-12-29(13-9-20)38(33,34)27(26(32)35-2)10-14-36-15-11-27/h3-7,16,20,22,30-31H,8-15,17-18H2,1-2H3/t22-/m1/s1. The molecule has 1 aromatic heterocycles. The Morgan fingerprint density at radius 2 is 1.92 bits per heavy atom. The summed E-state index contributed by atoms with van der Waals surface area (Å²) in [4.78, 5) is 17.2. The molecule has 1 atom stereocenters. The first-order valence-electron chi connectivity index (χ1n) is 12.9. The quantitative estimate of drug-likeness (QED) is 0.451. The Balaban J connectivity index is 1.45. The molecule has 0 bridgehead atoms. The number of ether oxygens (including phenoxy) is 3. The summed E-state index contributed by atoms with van der Waals surface area (Å²) in [6.07, 6.45) is 0.544. The van der Waals surface area contributed by atoms with Crippen LogP contribution in [0.25, 0.3) is 11.3 Å². The molecule has 2 fully saturated rings. The molecule has 4 rings (SSSR count). The number of carbonyl (C=O) groups is 1. The number of piperidine rings is 1. The number of hydrogen-bond acceptors (Lipinski definition) is 9. The number of aromatic nitrogens is 1. The highest BCUT2D eigenvalue weighted by Gasteiger charge is 2.55. The zero-order valence-electron chi connectivity index (χ0n) is 21.8. The van der Waals surface area contributed by atoms with Crippen LogP contribution < -0.4 is 4.74 Å². The van der Waals surface area contributed by atoms with Gasteiger partial charge in [0.15, 0.2) is 4.75 Å². The van der Waals surface area contributed by atoms with Crippen LogP contribution in [0, 0.1) is 6.92 Å². The van der Waals surface area contributed by atoms with E-state index in [4.69, 9.17) is 19.3 Å². The highest BCUT2D eigenvalue weighted by Crippen LogP contribution is 2.38. The van der Waals surface area contributed by atoms with Crippen LogP contribution >= 0.6 is 0 Å². The van der Waals surface area contributed by atoms with Gasteiger partial charge in [-0.15, -0.1) is 0 Å². The molecule has 11 heteroatoms. The Labute approximate surface area is 223 Å². The maximum absolute atomic E-state index is 13.6. The molecule has 0 amide bonds. The third-order valence-corrected chi connectivity index (χ3v) is 10.1. The number of hydrogen-bond donors (Lipinski definition) is 2. The molecule has 0 aliphatic carbocycles. The number of benzene rings is 1. The molecule has 0 unspecified atom stereocenters. The van der Waals surface area contributed by atoms with Gasteiger partial charge in [0.2, 0.25) is 15.9 Å². The minimum atomic E-state index is -3.90. The van der Waals surface area contributed by atoms with E-state index in [1.807, 2.05) is 25.1 Å². The number of pyridine rings is 1. The summed E-state index contributed by atoms with van der Waals surface area (Å²) in [5.41, 5.74) is 3.84. The molecule has 2 aliphatic rings. The van der Waals surface area contributed by atoms with E-state index in [9.17, 15) is 18.3 Å². The van der Waals surface area contributed by atoms with Gasteiger partial charge < -0.3 is 24.4 Å². The first kappa shape index (κ1) is 28.4. The second-order valence-electron chi connectivity index (χ2n) is 9.86. The molecule has 2 saturated heterocycles. The lowest BCUT2D eigenvalue weighted by Gasteiger charge is -2.40. The fourth-order valence-corrected chi connectivity index (χ4v) is 7.40. The number of methoxy groups -OCH3 is 1. The molecule has 10 nitrogen and oxygen atoms in total. The zero-order valence-corrected chi connectivity index (χ0v) is 22.7. The fraction of sp³-hybridized carbons (Fsp3) is 0.556. The number of aliphatic hydroxyl groups is 2. The number of aliphatic hydroxyl groups excluding tert-OH is 2. The molecular formula is C27H36N2O8S. The van der Waals surface area contributed by atoms with Crippen molar-refractivity contribution in [2.45, 2.75) is 49.4 Å². The first-order valence-corrected chi connectivity index (χ1v) is 14.3. The SMILES string of the molecule is COC(=O)C1(S(=O)(=O)N2CCC(c3ccc(-c4cccc(OC[C@H](O)CO)n4)c(C)c3)CC2)CCOCC1. The number of esters is 1. The highest BCUT2D eigenvalue weighted by molar-refractivity contribution is 7.91. The normalized spacial score (nSPS) is 19.6. The van der Waals surface area contributed by atoms with Crippen molar-refractivity contribution < 1.29 is 37.6 Å². The van der Waals surface area contributed by atoms with E-state index in [0.717, 1.165) is 22.4 Å². The van der Waals surface area contributed by atoms with E-state index in [2.05, 4.69) is 17.1 Å². The minimum absolute atomic E-state index is 0.0478. The Hall–Kier alpha value is -2.57. The lowest BCUT2D eigenvalue weighted by atomic mass is 9.88.